The Morgan fingerprint density at radius 3 is 2.17 bits per heavy atom. The van der Waals surface area contributed by atoms with Crippen molar-refractivity contribution in [2.45, 2.75) is 0 Å². The SMILES string of the molecule is COc1ccc(N2CCN(C3=NCCN3S(C)(=O)=O)CC2)cc1. The Morgan fingerprint density at radius 1 is 1.00 bits per heavy atom. The van der Waals surface area contributed by atoms with Crippen LogP contribution in [-0.4, -0.2) is 76.2 Å². The number of rotatable bonds is 3. The van der Waals surface area contributed by atoms with Crippen LogP contribution in [0.15, 0.2) is 29.3 Å². The molecule has 2 aliphatic rings. The zero-order valence-corrected chi connectivity index (χ0v) is 14.3. The van der Waals surface area contributed by atoms with Crippen LogP contribution < -0.4 is 9.64 Å². The van der Waals surface area contributed by atoms with Crippen molar-refractivity contribution in [3.8, 4) is 5.75 Å². The minimum atomic E-state index is -3.24. The number of ether oxygens (including phenoxy) is 1. The van der Waals surface area contributed by atoms with Crippen molar-refractivity contribution < 1.29 is 13.2 Å². The molecular weight excluding hydrogens is 316 g/mol. The summed E-state index contributed by atoms with van der Waals surface area (Å²) in [5, 5.41) is 0. The number of piperazine rings is 1. The van der Waals surface area contributed by atoms with Crippen LogP contribution in [0.4, 0.5) is 5.69 Å². The molecule has 2 heterocycles. The number of nitrogens with zero attached hydrogens (tertiary/aromatic N) is 4. The lowest BCUT2D eigenvalue weighted by Gasteiger charge is -2.38. The summed E-state index contributed by atoms with van der Waals surface area (Å²) in [6, 6.07) is 8.00. The molecule has 7 nitrogen and oxygen atoms in total. The molecule has 2 aliphatic heterocycles. The highest BCUT2D eigenvalue weighted by atomic mass is 32.2. The van der Waals surface area contributed by atoms with E-state index in [4.69, 9.17) is 4.74 Å². The van der Waals surface area contributed by atoms with Crippen molar-refractivity contribution >= 4 is 21.7 Å². The molecule has 0 saturated carbocycles. The van der Waals surface area contributed by atoms with E-state index in [9.17, 15) is 8.42 Å². The van der Waals surface area contributed by atoms with Gasteiger partial charge in [-0.05, 0) is 24.3 Å². The molecule has 0 spiro atoms. The van der Waals surface area contributed by atoms with Gasteiger partial charge in [0.05, 0.1) is 26.5 Å². The van der Waals surface area contributed by atoms with Crippen LogP contribution in [-0.2, 0) is 10.0 Å². The summed E-state index contributed by atoms with van der Waals surface area (Å²) in [4.78, 5) is 8.73. The quantitative estimate of drug-likeness (QED) is 0.801. The predicted octanol–water partition coefficient (Wildman–Crippen LogP) is 0.448. The van der Waals surface area contributed by atoms with E-state index >= 15 is 0 Å². The lowest BCUT2D eigenvalue weighted by molar-refractivity contribution is 0.358. The summed E-state index contributed by atoms with van der Waals surface area (Å²) in [6.07, 6.45) is 1.24. The number of guanidine groups is 1. The van der Waals surface area contributed by atoms with Crippen LogP contribution >= 0.6 is 0 Å². The van der Waals surface area contributed by atoms with E-state index < -0.39 is 10.0 Å². The monoisotopic (exact) mass is 338 g/mol. The van der Waals surface area contributed by atoms with Gasteiger partial charge in [0, 0.05) is 31.9 Å². The summed E-state index contributed by atoms with van der Waals surface area (Å²) < 4.78 is 30.3. The first kappa shape index (κ1) is 15.9. The Morgan fingerprint density at radius 2 is 1.61 bits per heavy atom. The molecule has 1 aromatic rings. The second kappa shape index (κ2) is 6.27. The molecule has 8 heteroatoms. The van der Waals surface area contributed by atoms with Gasteiger partial charge in [-0.15, -0.1) is 0 Å². The fourth-order valence-electron chi connectivity index (χ4n) is 2.95. The van der Waals surface area contributed by atoms with Gasteiger partial charge in [-0.25, -0.2) is 12.7 Å². The van der Waals surface area contributed by atoms with Crippen LogP contribution in [0.3, 0.4) is 0 Å². The van der Waals surface area contributed by atoms with Crippen LogP contribution in [0.25, 0.3) is 0 Å². The maximum Gasteiger partial charge on any atom is 0.234 e. The van der Waals surface area contributed by atoms with Crippen LogP contribution in [0.5, 0.6) is 5.75 Å². The molecule has 0 bridgehead atoms. The highest BCUT2D eigenvalue weighted by Crippen LogP contribution is 2.21. The molecule has 3 rings (SSSR count). The molecule has 23 heavy (non-hydrogen) atoms. The van der Waals surface area contributed by atoms with Gasteiger partial charge in [0.25, 0.3) is 0 Å². The lowest BCUT2D eigenvalue weighted by atomic mass is 10.2. The fourth-order valence-corrected chi connectivity index (χ4v) is 3.83. The Hall–Kier alpha value is -1.96. The Kier molecular flexibility index (Phi) is 4.34. The van der Waals surface area contributed by atoms with Gasteiger partial charge in [0.1, 0.15) is 5.75 Å². The number of anilines is 1. The average Bonchev–Trinajstić information content (AvgIpc) is 3.05. The highest BCUT2D eigenvalue weighted by Gasteiger charge is 2.31. The summed E-state index contributed by atoms with van der Waals surface area (Å²) in [7, 11) is -1.58. The Bertz CT molecular complexity index is 679. The van der Waals surface area contributed by atoms with E-state index in [1.54, 1.807) is 7.11 Å². The molecular formula is C15H22N4O3S. The highest BCUT2D eigenvalue weighted by molar-refractivity contribution is 7.88. The summed E-state index contributed by atoms with van der Waals surface area (Å²) >= 11 is 0. The van der Waals surface area contributed by atoms with Crippen LogP contribution in [0.1, 0.15) is 0 Å². The van der Waals surface area contributed by atoms with Gasteiger partial charge >= 0.3 is 0 Å². The molecule has 0 aliphatic carbocycles. The number of sulfonamides is 1. The zero-order valence-electron chi connectivity index (χ0n) is 13.5. The number of hydrogen-bond acceptors (Lipinski definition) is 6. The third-order valence-corrected chi connectivity index (χ3v) is 5.33. The molecule has 126 valence electrons. The summed E-state index contributed by atoms with van der Waals surface area (Å²) in [6.45, 7) is 4.19. The van der Waals surface area contributed by atoms with Crippen molar-refractivity contribution in [3.63, 3.8) is 0 Å². The summed E-state index contributed by atoms with van der Waals surface area (Å²) in [5.74, 6) is 1.44. The zero-order chi connectivity index (χ0) is 16.4. The van der Waals surface area contributed by atoms with E-state index in [-0.39, 0.29) is 0 Å². The van der Waals surface area contributed by atoms with E-state index in [1.165, 1.54) is 10.6 Å². The van der Waals surface area contributed by atoms with Crippen molar-refractivity contribution in [1.29, 1.82) is 0 Å². The minimum Gasteiger partial charge on any atom is -0.497 e. The second-order valence-corrected chi connectivity index (χ2v) is 7.60. The van der Waals surface area contributed by atoms with Gasteiger partial charge < -0.3 is 14.5 Å². The molecule has 1 aromatic carbocycles. The fraction of sp³-hybridized carbons (Fsp3) is 0.533. The molecule has 0 N–H and O–H groups in total. The first-order chi connectivity index (χ1) is 11.0. The van der Waals surface area contributed by atoms with Gasteiger partial charge in [0.2, 0.25) is 16.0 Å². The van der Waals surface area contributed by atoms with Crippen molar-refractivity contribution in [2.24, 2.45) is 4.99 Å². The predicted molar refractivity (Wildman–Crippen MR) is 90.6 cm³/mol. The molecule has 1 saturated heterocycles. The number of methoxy groups -OCH3 is 1. The van der Waals surface area contributed by atoms with Crippen molar-refractivity contribution in [1.82, 2.24) is 9.21 Å². The first-order valence-electron chi connectivity index (χ1n) is 7.65. The summed E-state index contributed by atoms with van der Waals surface area (Å²) in [5.41, 5.74) is 1.15. The van der Waals surface area contributed by atoms with E-state index in [0.29, 0.717) is 19.0 Å². The third kappa shape index (κ3) is 3.36. The van der Waals surface area contributed by atoms with Gasteiger partial charge in [-0.1, -0.05) is 0 Å². The topological polar surface area (TPSA) is 65.5 Å². The van der Waals surface area contributed by atoms with Gasteiger partial charge in [-0.3, -0.25) is 4.99 Å². The van der Waals surface area contributed by atoms with Gasteiger partial charge in [0.15, 0.2) is 0 Å². The van der Waals surface area contributed by atoms with Gasteiger partial charge in [-0.2, -0.15) is 0 Å². The van der Waals surface area contributed by atoms with Crippen LogP contribution in [0, 0.1) is 0 Å². The molecule has 1 fully saturated rings. The molecule has 0 unspecified atom stereocenters. The number of benzene rings is 1. The molecule has 0 radical (unpaired) electrons. The smallest absolute Gasteiger partial charge is 0.234 e. The largest absolute Gasteiger partial charge is 0.497 e. The van der Waals surface area contributed by atoms with Crippen LogP contribution in [0.2, 0.25) is 0 Å². The maximum absolute atomic E-state index is 11.8. The second-order valence-electron chi connectivity index (χ2n) is 5.69. The Labute approximate surface area is 137 Å². The maximum atomic E-state index is 11.8. The average molecular weight is 338 g/mol. The van der Waals surface area contributed by atoms with E-state index in [2.05, 4.69) is 14.8 Å². The minimum absolute atomic E-state index is 0.451. The third-order valence-electron chi connectivity index (χ3n) is 4.18. The standard InChI is InChI=1S/C15H22N4O3S/c1-22-14-5-3-13(4-6-14)17-9-11-18(12-10-17)15-16-7-8-19(15)23(2,20)21/h3-6H,7-12H2,1-2H3. The van der Waals surface area contributed by atoms with Crippen molar-refractivity contribution in [2.75, 3.05) is 57.5 Å². The van der Waals surface area contributed by atoms with E-state index in [1.807, 2.05) is 24.3 Å². The lowest BCUT2D eigenvalue weighted by Crippen LogP contribution is -2.53. The normalized spacial score (nSPS) is 19.0. The Balaban J connectivity index is 1.64. The van der Waals surface area contributed by atoms with Crippen molar-refractivity contribution in [3.05, 3.63) is 24.3 Å². The molecule has 0 aromatic heterocycles. The molecule has 0 atom stereocenters. The number of aliphatic imine (C=N–C) groups is 1. The van der Waals surface area contributed by atoms with E-state index in [0.717, 1.165) is 37.6 Å². The number of hydrogen-bond donors (Lipinski definition) is 0. The first-order valence-corrected chi connectivity index (χ1v) is 9.50. The molecule has 0 amide bonds.